The van der Waals surface area contributed by atoms with E-state index >= 15 is 0 Å². The Morgan fingerprint density at radius 1 is 1.43 bits per heavy atom. The molecule has 2 aromatic rings. The van der Waals surface area contributed by atoms with Gasteiger partial charge >= 0.3 is 0 Å². The van der Waals surface area contributed by atoms with Gasteiger partial charge in [0, 0.05) is 16.0 Å². The van der Waals surface area contributed by atoms with Crippen LogP contribution in [0.25, 0.3) is 11.3 Å². The fourth-order valence-corrected chi connectivity index (χ4v) is 2.31. The average Bonchev–Trinajstić information content (AvgIpc) is 2.63. The maximum atomic E-state index is 9.73. The van der Waals surface area contributed by atoms with E-state index < -0.39 is 0 Å². The van der Waals surface area contributed by atoms with Crippen LogP contribution in [0.2, 0.25) is 5.02 Å². The molecule has 3 nitrogen and oxygen atoms in total. The minimum Gasteiger partial charge on any atom is -0.506 e. The van der Waals surface area contributed by atoms with Crippen molar-refractivity contribution in [2.75, 3.05) is 0 Å². The molecule has 0 unspecified atom stereocenters. The highest BCUT2D eigenvalue weighted by Crippen LogP contribution is 2.37. The Bertz CT molecular complexity index is 461. The van der Waals surface area contributed by atoms with Crippen molar-refractivity contribution in [3.63, 3.8) is 0 Å². The van der Waals surface area contributed by atoms with Crippen LogP contribution in [0.5, 0.6) is 5.75 Å². The molecule has 0 aliphatic heterocycles. The lowest BCUT2D eigenvalue weighted by Crippen LogP contribution is -1.81. The largest absolute Gasteiger partial charge is 0.506 e. The summed E-state index contributed by atoms with van der Waals surface area (Å²) >= 11 is 10.3. The van der Waals surface area contributed by atoms with Crippen molar-refractivity contribution in [1.82, 2.24) is 9.59 Å². The Labute approximate surface area is 97.6 Å². The van der Waals surface area contributed by atoms with Crippen molar-refractivity contribution < 1.29 is 5.11 Å². The highest BCUT2D eigenvalue weighted by Gasteiger charge is 2.11. The number of hydrogen-bond donors (Lipinski definition) is 1. The normalized spacial score (nSPS) is 10.4. The number of halogens is 2. The third kappa shape index (κ3) is 1.75. The van der Waals surface area contributed by atoms with Gasteiger partial charge in [0.25, 0.3) is 0 Å². The van der Waals surface area contributed by atoms with Crippen molar-refractivity contribution in [3.8, 4) is 17.0 Å². The lowest BCUT2D eigenvalue weighted by molar-refractivity contribution is 0.474. The van der Waals surface area contributed by atoms with Gasteiger partial charge in [-0.3, -0.25) is 0 Å². The maximum Gasteiger partial charge on any atom is 0.139 e. The predicted molar refractivity (Wildman–Crippen MR) is 59.7 cm³/mol. The van der Waals surface area contributed by atoms with Crippen molar-refractivity contribution in [2.24, 2.45) is 0 Å². The fourth-order valence-electron chi connectivity index (χ4n) is 1.04. The van der Waals surface area contributed by atoms with E-state index in [0.29, 0.717) is 20.8 Å². The van der Waals surface area contributed by atoms with Crippen molar-refractivity contribution in [2.45, 2.75) is 0 Å². The Morgan fingerprint density at radius 2 is 2.21 bits per heavy atom. The van der Waals surface area contributed by atoms with Crippen molar-refractivity contribution in [1.29, 1.82) is 0 Å². The molecule has 0 bridgehead atoms. The monoisotopic (exact) mass is 290 g/mol. The smallest absolute Gasteiger partial charge is 0.139 e. The Hall–Kier alpha value is -0.650. The standard InChI is InChI=1S/C8H4BrClN2OS/c9-6-2-4(10)1-5(8(6)13)7-3-14-12-11-7/h1-3,13H. The summed E-state index contributed by atoms with van der Waals surface area (Å²) in [6.45, 7) is 0. The number of phenols is 1. The van der Waals surface area contributed by atoms with E-state index in [0.717, 1.165) is 0 Å². The summed E-state index contributed by atoms with van der Waals surface area (Å²) in [7, 11) is 0. The van der Waals surface area contributed by atoms with E-state index in [1.165, 1.54) is 11.5 Å². The molecule has 0 saturated heterocycles. The van der Waals surface area contributed by atoms with E-state index in [1.54, 1.807) is 17.5 Å². The average molecular weight is 292 g/mol. The van der Waals surface area contributed by atoms with Gasteiger partial charge in [-0.25, -0.2) is 0 Å². The van der Waals surface area contributed by atoms with Gasteiger partial charge in [0.15, 0.2) is 0 Å². The van der Waals surface area contributed by atoms with Crippen LogP contribution < -0.4 is 0 Å². The molecule has 0 aliphatic rings. The number of hydrogen-bond acceptors (Lipinski definition) is 4. The molecule has 0 radical (unpaired) electrons. The van der Waals surface area contributed by atoms with Gasteiger partial charge in [0.05, 0.1) is 4.47 Å². The second-order valence-corrected chi connectivity index (χ2v) is 4.47. The topological polar surface area (TPSA) is 46.0 Å². The van der Waals surface area contributed by atoms with Crippen LogP contribution in [-0.2, 0) is 0 Å². The molecule has 0 spiro atoms. The molecule has 0 atom stereocenters. The van der Waals surface area contributed by atoms with Gasteiger partial charge in [-0.1, -0.05) is 16.1 Å². The van der Waals surface area contributed by atoms with Gasteiger partial charge in [0.1, 0.15) is 11.4 Å². The zero-order valence-corrected chi connectivity index (χ0v) is 9.90. The van der Waals surface area contributed by atoms with E-state index in [9.17, 15) is 5.11 Å². The third-order valence-corrected chi connectivity index (χ3v) is 2.99. The van der Waals surface area contributed by atoms with Gasteiger partial charge in [-0.2, -0.15) is 0 Å². The first-order chi connectivity index (χ1) is 6.68. The molecule has 6 heteroatoms. The summed E-state index contributed by atoms with van der Waals surface area (Å²) < 4.78 is 4.27. The first-order valence-electron chi connectivity index (χ1n) is 3.64. The predicted octanol–water partition coefficient (Wildman–Crippen LogP) is 3.33. The summed E-state index contributed by atoms with van der Waals surface area (Å²) in [6.07, 6.45) is 0. The molecule has 1 aromatic heterocycles. The second kappa shape index (κ2) is 3.84. The van der Waals surface area contributed by atoms with Crippen molar-refractivity contribution in [3.05, 3.63) is 27.0 Å². The number of phenolic OH excluding ortho intramolecular Hbond substituents is 1. The minimum atomic E-state index is 0.127. The van der Waals surface area contributed by atoms with E-state index in [2.05, 4.69) is 25.5 Å². The summed E-state index contributed by atoms with van der Waals surface area (Å²) in [5, 5.41) is 15.9. The molecule has 1 aromatic carbocycles. The number of aromatic nitrogens is 2. The summed E-state index contributed by atoms with van der Waals surface area (Å²) in [5.74, 6) is 0.127. The van der Waals surface area contributed by atoms with Crippen LogP contribution in [0.1, 0.15) is 0 Å². The zero-order valence-electron chi connectivity index (χ0n) is 6.74. The van der Waals surface area contributed by atoms with Gasteiger partial charge in [-0.05, 0) is 39.6 Å². The molecule has 0 fully saturated rings. The first-order valence-corrected chi connectivity index (χ1v) is 5.64. The highest BCUT2D eigenvalue weighted by atomic mass is 79.9. The Morgan fingerprint density at radius 3 is 2.86 bits per heavy atom. The highest BCUT2D eigenvalue weighted by molar-refractivity contribution is 9.10. The van der Waals surface area contributed by atoms with Crippen molar-refractivity contribution >= 4 is 39.1 Å². The Balaban J connectivity index is 2.64. The van der Waals surface area contributed by atoms with E-state index in [-0.39, 0.29) is 5.75 Å². The van der Waals surface area contributed by atoms with E-state index in [4.69, 9.17) is 11.6 Å². The molecule has 1 heterocycles. The molecule has 1 N–H and O–H groups in total. The zero-order chi connectivity index (χ0) is 10.1. The summed E-state index contributed by atoms with van der Waals surface area (Å²) in [5.41, 5.74) is 1.20. The molecule has 14 heavy (non-hydrogen) atoms. The van der Waals surface area contributed by atoms with Crippen LogP contribution in [0, 0.1) is 0 Å². The molecule has 72 valence electrons. The SMILES string of the molecule is Oc1c(Br)cc(Cl)cc1-c1csnn1. The van der Waals surface area contributed by atoms with Gasteiger partial charge in [-0.15, -0.1) is 5.10 Å². The molecular weight excluding hydrogens is 288 g/mol. The number of benzene rings is 1. The number of aromatic hydroxyl groups is 1. The van der Waals surface area contributed by atoms with Crippen LogP contribution in [0.4, 0.5) is 0 Å². The van der Waals surface area contributed by atoms with Crippen LogP contribution >= 0.6 is 39.1 Å². The van der Waals surface area contributed by atoms with Crippen LogP contribution in [-0.4, -0.2) is 14.7 Å². The first kappa shape index (κ1) is 9.89. The molecule has 2 rings (SSSR count). The van der Waals surface area contributed by atoms with Crippen LogP contribution in [0.3, 0.4) is 0 Å². The maximum absolute atomic E-state index is 9.73. The summed E-state index contributed by atoms with van der Waals surface area (Å²) in [4.78, 5) is 0. The molecular formula is C8H4BrClN2OS. The lowest BCUT2D eigenvalue weighted by Gasteiger charge is -2.03. The molecule has 0 saturated carbocycles. The van der Waals surface area contributed by atoms with Gasteiger partial charge < -0.3 is 5.11 Å². The Kier molecular flexibility index (Phi) is 2.71. The summed E-state index contributed by atoms with van der Waals surface area (Å²) in [6, 6.07) is 3.28. The fraction of sp³-hybridized carbons (Fsp3) is 0. The van der Waals surface area contributed by atoms with Crippen LogP contribution in [0.15, 0.2) is 22.0 Å². The number of rotatable bonds is 1. The van der Waals surface area contributed by atoms with E-state index in [1.807, 2.05) is 0 Å². The number of nitrogens with zero attached hydrogens (tertiary/aromatic N) is 2. The lowest BCUT2D eigenvalue weighted by atomic mass is 10.1. The second-order valence-electron chi connectivity index (χ2n) is 2.57. The molecule has 0 amide bonds. The minimum absolute atomic E-state index is 0.127. The molecule has 0 aliphatic carbocycles. The third-order valence-electron chi connectivity index (χ3n) is 1.66. The van der Waals surface area contributed by atoms with Gasteiger partial charge in [0.2, 0.25) is 0 Å². The quantitative estimate of drug-likeness (QED) is 0.876.